The normalized spacial score (nSPS) is 14.6. The van der Waals surface area contributed by atoms with Gasteiger partial charge in [-0.3, -0.25) is 9.69 Å². The van der Waals surface area contributed by atoms with Crippen LogP contribution in [-0.4, -0.2) is 33.2 Å². The molecule has 5 nitrogen and oxygen atoms in total. The Morgan fingerprint density at radius 3 is 2.52 bits per heavy atom. The van der Waals surface area contributed by atoms with E-state index in [1.165, 1.54) is 12.8 Å². The molecule has 1 aromatic heterocycles. The number of nitrogens with one attached hydrogen (secondary N) is 1. The van der Waals surface area contributed by atoms with Gasteiger partial charge in [-0.05, 0) is 57.4 Å². The Balaban J connectivity index is 1.43. The third kappa shape index (κ3) is 4.83. The van der Waals surface area contributed by atoms with Crippen LogP contribution in [-0.2, 0) is 4.79 Å². The van der Waals surface area contributed by atoms with E-state index in [0.717, 1.165) is 33.3 Å². The smallest absolute Gasteiger partial charge is 0.225 e. The molecule has 1 fully saturated rings. The summed E-state index contributed by atoms with van der Waals surface area (Å²) in [6.07, 6.45) is 2.79. The lowest BCUT2D eigenvalue weighted by Crippen LogP contribution is -2.32. The first-order valence-corrected chi connectivity index (χ1v) is 11.2. The van der Waals surface area contributed by atoms with E-state index in [0.29, 0.717) is 19.0 Å². The van der Waals surface area contributed by atoms with Gasteiger partial charge < -0.3 is 5.32 Å². The van der Waals surface area contributed by atoms with Gasteiger partial charge in [0, 0.05) is 30.1 Å². The molecule has 1 unspecified atom stereocenters. The SMILES string of the molecule is Cc1nn(-c2ccccc2)c(C)c1NC(=O)CCN(C1CC1)C(C)c1ccccc1Cl. The van der Waals surface area contributed by atoms with Crippen LogP contribution in [0.4, 0.5) is 5.69 Å². The number of anilines is 1. The van der Waals surface area contributed by atoms with Crippen LogP contribution >= 0.6 is 11.6 Å². The van der Waals surface area contributed by atoms with Crippen molar-refractivity contribution in [2.24, 2.45) is 0 Å². The summed E-state index contributed by atoms with van der Waals surface area (Å²) < 4.78 is 1.88. The van der Waals surface area contributed by atoms with Crippen molar-refractivity contribution in [3.8, 4) is 5.69 Å². The van der Waals surface area contributed by atoms with Gasteiger partial charge in [0.05, 0.1) is 22.8 Å². The van der Waals surface area contributed by atoms with Crippen molar-refractivity contribution >= 4 is 23.2 Å². The Kier molecular flexibility index (Phi) is 6.44. The fourth-order valence-electron chi connectivity index (χ4n) is 4.17. The average molecular weight is 437 g/mol. The number of halogens is 1. The lowest BCUT2D eigenvalue weighted by molar-refractivity contribution is -0.116. The zero-order valence-electron chi connectivity index (χ0n) is 18.3. The highest BCUT2D eigenvalue weighted by molar-refractivity contribution is 6.31. The summed E-state index contributed by atoms with van der Waals surface area (Å²) in [5.41, 5.74) is 4.65. The Morgan fingerprint density at radius 1 is 1.16 bits per heavy atom. The number of hydrogen-bond donors (Lipinski definition) is 1. The molecule has 1 saturated carbocycles. The largest absolute Gasteiger partial charge is 0.323 e. The van der Waals surface area contributed by atoms with Crippen LogP contribution in [0.1, 0.15) is 49.2 Å². The minimum Gasteiger partial charge on any atom is -0.323 e. The lowest BCUT2D eigenvalue weighted by Gasteiger charge is -2.30. The Morgan fingerprint density at radius 2 is 1.84 bits per heavy atom. The van der Waals surface area contributed by atoms with Crippen LogP contribution in [0.5, 0.6) is 0 Å². The third-order valence-corrected chi connectivity index (χ3v) is 6.37. The molecule has 0 radical (unpaired) electrons. The van der Waals surface area contributed by atoms with Crippen molar-refractivity contribution < 1.29 is 4.79 Å². The van der Waals surface area contributed by atoms with Gasteiger partial charge in [0.1, 0.15) is 0 Å². The average Bonchev–Trinajstić information content (AvgIpc) is 3.57. The molecule has 4 rings (SSSR count). The van der Waals surface area contributed by atoms with Gasteiger partial charge in [-0.25, -0.2) is 4.68 Å². The van der Waals surface area contributed by atoms with Gasteiger partial charge in [0.2, 0.25) is 5.91 Å². The molecule has 0 spiro atoms. The number of nitrogens with zero attached hydrogens (tertiary/aromatic N) is 3. The second kappa shape index (κ2) is 9.25. The van der Waals surface area contributed by atoms with Crippen molar-refractivity contribution in [1.29, 1.82) is 0 Å². The number of rotatable bonds is 8. The zero-order valence-corrected chi connectivity index (χ0v) is 19.1. The number of para-hydroxylation sites is 1. The quantitative estimate of drug-likeness (QED) is 0.493. The third-order valence-electron chi connectivity index (χ3n) is 6.02. The minimum atomic E-state index is 0.0100. The molecule has 0 saturated heterocycles. The molecule has 1 amide bonds. The molecular weight excluding hydrogens is 408 g/mol. The molecule has 1 aliphatic carbocycles. The van der Waals surface area contributed by atoms with Gasteiger partial charge >= 0.3 is 0 Å². The van der Waals surface area contributed by atoms with E-state index in [-0.39, 0.29) is 11.9 Å². The maximum absolute atomic E-state index is 12.8. The molecule has 1 atom stereocenters. The maximum atomic E-state index is 12.8. The number of carbonyl (C=O) groups is 1. The highest BCUT2D eigenvalue weighted by Gasteiger charge is 2.33. The molecule has 1 aliphatic rings. The second-order valence-electron chi connectivity index (χ2n) is 8.26. The molecule has 1 N–H and O–H groups in total. The molecule has 6 heteroatoms. The zero-order chi connectivity index (χ0) is 22.0. The summed E-state index contributed by atoms with van der Waals surface area (Å²) in [4.78, 5) is 15.2. The number of hydrogen-bond acceptors (Lipinski definition) is 3. The van der Waals surface area contributed by atoms with Gasteiger partial charge in [-0.1, -0.05) is 48.0 Å². The van der Waals surface area contributed by atoms with Gasteiger partial charge in [0.25, 0.3) is 0 Å². The summed E-state index contributed by atoms with van der Waals surface area (Å²) >= 11 is 6.43. The number of aryl methyl sites for hydroxylation is 1. The summed E-state index contributed by atoms with van der Waals surface area (Å²) in [5.74, 6) is 0.0100. The fourth-order valence-corrected chi connectivity index (χ4v) is 4.46. The molecule has 0 bridgehead atoms. The summed E-state index contributed by atoms with van der Waals surface area (Å²) in [6, 6.07) is 18.7. The maximum Gasteiger partial charge on any atom is 0.225 e. The Hall–Kier alpha value is -2.63. The molecule has 31 heavy (non-hydrogen) atoms. The van der Waals surface area contributed by atoms with Crippen LogP contribution in [0.3, 0.4) is 0 Å². The first kappa shape index (κ1) is 21.6. The highest BCUT2D eigenvalue weighted by Crippen LogP contribution is 2.36. The molecule has 2 aromatic carbocycles. The standard InChI is InChI=1S/C25H29ClN4O/c1-17-25(19(3)30(28-17)21-9-5-4-6-10-21)27-24(31)15-16-29(20-13-14-20)18(2)22-11-7-8-12-23(22)26/h4-12,18,20H,13-16H2,1-3H3,(H,27,31). The number of benzene rings is 2. The van der Waals surface area contributed by atoms with E-state index >= 15 is 0 Å². The van der Waals surface area contributed by atoms with Crippen molar-refractivity contribution in [1.82, 2.24) is 14.7 Å². The predicted octanol–water partition coefficient (Wildman–Crippen LogP) is 5.70. The van der Waals surface area contributed by atoms with Crippen LogP contribution < -0.4 is 5.32 Å². The van der Waals surface area contributed by atoms with Gasteiger partial charge in [-0.15, -0.1) is 0 Å². The van der Waals surface area contributed by atoms with E-state index in [2.05, 4.69) is 28.3 Å². The van der Waals surface area contributed by atoms with E-state index in [1.807, 2.05) is 67.1 Å². The predicted molar refractivity (Wildman–Crippen MR) is 126 cm³/mol. The lowest BCUT2D eigenvalue weighted by atomic mass is 10.1. The van der Waals surface area contributed by atoms with E-state index in [4.69, 9.17) is 11.6 Å². The summed E-state index contributed by atoms with van der Waals surface area (Å²) in [7, 11) is 0. The number of aromatic nitrogens is 2. The van der Waals surface area contributed by atoms with Gasteiger partial charge in [-0.2, -0.15) is 5.10 Å². The van der Waals surface area contributed by atoms with E-state index in [9.17, 15) is 4.79 Å². The van der Waals surface area contributed by atoms with Crippen LogP contribution in [0.25, 0.3) is 5.69 Å². The van der Waals surface area contributed by atoms with Crippen molar-refractivity contribution in [3.63, 3.8) is 0 Å². The first-order valence-electron chi connectivity index (χ1n) is 10.9. The van der Waals surface area contributed by atoms with Gasteiger partial charge in [0.15, 0.2) is 0 Å². The molecule has 3 aromatic rings. The topological polar surface area (TPSA) is 50.2 Å². The summed E-state index contributed by atoms with van der Waals surface area (Å²) in [6.45, 7) is 6.79. The second-order valence-corrected chi connectivity index (χ2v) is 8.67. The van der Waals surface area contributed by atoms with Crippen molar-refractivity contribution in [3.05, 3.63) is 76.6 Å². The number of amides is 1. The van der Waals surface area contributed by atoms with Crippen LogP contribution in [0.15, 0.2) is 54.6 Å². The van der Waals surface area contributed by atoms with Crippen molar-refractivity contribution in [2.75, 3.05) is 11.9 Å². The van der Waals surface area contributed by atoms with E-state index in [1.54, 1.807) is 0 Å². The molecule has 162 valence electrons. The molecule has 1 heterocycles. The molecule has 0 aliphatic heterocycles. The Labute approximate surface area is 189 Å². The van der Waals surface area contributed by atoms with Crippen molar-refractivity contribution in [2.45, 2.75) is 52.1 Å². The van der Waals surface area contributed by atoms with Crippen LogP contribution in [0.2, 0.25) is 5.02 Å². The van der Waals surface area contributed by atoms with Crippen LogP contribution in [0, 0.1) is 13.8 Å². The summed E-state index contributed by atoms with van der Waals surface area (Å²) in [5, 5.41) is 8.50. The van der Waals surface area contributed by atoms with E-state index < -0.39 is 0 Å². The monoisotopic (exact) mass is 436 g/mol. The number of carbonyl (C=O) groups excluding carboxylic acids is 1. The highest BCUT2D eigenvalue weighted by atomic mass is 35.5. The Bertz CT molecular complexity index is 1060. The minimum absolute atomic E-state index is 0.0100. The fraction of sp³-hybridized carbons (Fsp3) is 0.360. The first-order chi connectivity index (χ1) is 15.0. The molecular formula is C25H29ClN4O.